The van der Waals surface area contributed by atoms with E-state index < -0.39 is 9.84 Å². The minimum Gasteiger partial charge on any atom is -0.317 e. The maximum atomic E-state index is 11.9. The fourth-order valence-electron chi connectivity index (χ4n) is 1.47. The molecule has 5 heteroatoms. The summed E-state index contributed by atoms with van der Waals surface area (Å²) in [7, 11) is -3.19. The highest BCUT2D eigenvalue weighted by Crippen LogP contribution is 2.17. The van der Waals surface area contributed by atoms with Crippen molar-refractivity contribution >= 4 is 21.4 Å². The van der Waals surface area contributed by atoms with Crippen LogP contribution >= 0.6 is 11.6 Å². The summed E-state index contributed by atoms with van der Waals surface area (Å²) in [6, 6.07) is 6.41. The Morgan fingerprint density at radius 3 is 2.71 bits per heavy atom. The zero-order valence-electron chi connectivity index (χ0n) is 9.95. The Bertz CT molecular complexity index is 446. The predicted molar refractivity (Wildman–Crippen MR) is 71.3 cm³/mol. The lowest BCUT2D eigenvalue weighted by Crippen LogP contribution is -2.19. The van der Waals surface area contributed by atoms with Crippen molar-refractivity contribution in [1.29, 1.82) is 0 Å². The van der Waals surface area contributed by atoms with Gasteiger partial charge in [0.1, 0.15) is 0 Å². The van der Waals surface area contributed by atoms with Crippen LogP contribution in [0.1, 0.15) is 19.8 Å². The van der Waals surface area contributed by atoms with Crippen LogP contribution in [-0.4, -0.2) is 27.3 Å². The number of halogens is 1. The molecule has 0 fully saturated rings. The average molecular weight is 276 g/mol. The molecule has 3 nitrogen and oxygen atoms in total. The summed E-state index contributed by atoms with van der Waals surface area (Å²) in [4.78, 5) is 0.306. The van der Waals surface area contributed by atoms with Crippen LogP contribution in [-0.2, 0) is 9.84 Å². The number of hydrogen-bond acceptors (Lipinski definition) is 3. The average Bonchev–Trinajstić information content (AvgIpc) is 2.29. The molecule has 1 aromatic carbocycles. The van der Waals surface area contributed by atoms with Gasteiger partial charge in [-0.05, 0) is 44.1 Å². The minimum absolute atomic E-state index is 0.157. The van der Waals surface area contributed by atoms with Crippen molar-refractivity contribution in [2.45, 2.75) is 24.7 Å². The second kappa shape index (κ2) is 6.99. The Kier molecular flexibility index (Phi) is 5.95. The normalized spacial score (nSPS) is 11.6. The summed E-state index contributed by atoms with van der Waals surface area (Å²) >= 11 is 5.78. The first-order valence-corrected chi connectivity index (χ1v) is 7.78. The first kappa shape index (κ1) is 14.5. The van der Waals surface area contributed by atoms with E-state index in [1.54, 1.807) is 18.2 Å². The maximum Gasteiger partial charge on any atom is 0.178 e. The van der Waals surface area contributed by atoms with Gasteiger partial charge in [0.25, 0.3) is 0 Å². The molecule has 0 saturated carbocycles. The molecule has 1 rings (SSSR count). The van der Waals surface area contributed by atoms with Crippen LogP contribution in [0, 0.1) is 0 Å². The highest BCUT2D eigenvalue weighted by molar-refractivity contribution is 7.91. The highest BCUT2D eigenvalue weighted by Gasteiger charge is 2.13. The van der Waals surface area contributed by atoms with E-state index in [1.165, 1.54) is 6.07 Å². The molecule has 96 valence electrons. The zero-order valence-corrected chi connectivity index (χ0v) is 11.5. The summed E-state index contributed by atoms with van der Waals surface area (Å²) in [5, 5.41) is 3.63. The van der Waals surface area contributed by atoms with Crippen LogP contribution in [0.4, 0.5) is 0 Å². The molecule has 0 heterocycles. The van der Waals surface area contributed by atoms with Crippen molar-refractivity contribution < 1.29 is 8.42 Å². The molecule has 0 aromatic heterocycles. The Morgan fingerprint density at radius 1 is 1.29 bits per heavy atom. The van der Waals surface area contributed by atoms with Gasteiger partial charge in [-0.25, -0.2) is 8.42 Å². The van der Waals surface area contributed by atoms with Gasteiger partial charge in [-0.1, -0.05) is 24.6 Å². The lowest BCUT2D eigenvalue weighted by molar-refractivity contribution is 0.588. The molecule has 0 aliphatic carbocycles. The molecule has 0 aliphatic heterocycles. The summed E-state index contributed by atoms with van der Waals surface area (Å²) < 4.78 is 23.9. The smallest absolute Gasteiger partial charge is 0.178 e. The van der Waals surface area contributed by atoms with Crippen molar-refractivity contribution in [2.24, 2.45) is 0 Å². The van der Waals surface area contributed by atoms with Gasteiger partial charge in [0.2, 0.25) is 0 Å². The van der Waals surface area contributed by atoms with Gasteiger partial charge in [-0.2, -0.15) is 0 Å². The Hall–Kier alpha value is -0.580. The summed E-state index contributed by atoms with van der Waals surface area (Å²) in [5.41, 5.74) is 0. The Labute approximate surface area is 108 Å². The Balaban J connectivity index is 2.51. The monoisotopic (exact) mass is 275 g/mol. The van der Waals surface area contributed by atoms with Crippen molar-refractivity contribution in [3.63, 3.8) is 0 Å². The van der Waals surface area contributed by atoms with Gasteiger partial charge in [0.05, 0.1) is 10.6 Å². The van der Waals surface area contributed by atoms with E-state index in [1.807, 2.05) is 0 Å². The lowest BCUT2D eigenvalue weighted by Gasteiger charge is -2.05. The second-order valence-electron chi connectivity index (χ2n) is 3.88. The van der Waals surface area contributed by atoms with Gasteiger partial charge in [0, 0.05) is 5.02 Å². The van der Waals surface area contributed by atoms with Crippen LogP contribution < -0.4 is 5.32 Å². The number of hydrogen-bond donors (Lipinski definition) is 1. The van der Waals surface area contributed by atoms with E-state index in [9.17, 15) is 8.42 Å². The minimum atomic E-state index is -3.19. The van der Waals surface area contributed by atoms with Crippen LogP contribution in [0.15, 0.2) is 29.2 Å². The van der Waals surface area contributed by atoms with Crippen molar-refractivity contribution in [1.82, 2.24) is 5.32 Å². The number of nitrogens with one attached hydrogen (secondary N) is 1. The summed E-state index contributed by atoms with van der Waals surface area (Å²) in [6.07, 6.45) is 1.68. The molecule has 0 radical (unpaired) electrons. The zero-order chi connectivity index (χ0) is 12.7. The summed E-state index contributed by atoms with van der Waals surface area (Å²) in [6.45, 7) is 3.74. The molecule has 0 atom stereocenters. The third-order valence-electron chi connectivity index (χ3n) is 2.35. The lowest BCUT2D eigenvalue weighted by atomic mass is 10.4. The molecule has 0 amide bonds. The molecule has 0 spiro atoms. The van der Waals surface area contributed by atoms with Gasteiger partial charge in [-0.3, -0.25) is 0 Å². The van der Waals surface area contributed by atoms with E-state index in [2.05, 4.69) is 12.2 Å². The largest absolute Gasteiger partial charge is 0.317 e. The van der Waals surface area contributed by atoms with Crippen LogP contribution in [0.5, 0.6) is 0 Å². The van der Waals surface area contributed by atoms with E-state index in [0.29, 0.717) is 16.3 Å². The topological polar surface area (TPSA) is 46.2 Å². The molecule has 17 heavy (non-hydrogen) atoms. The van der Waals surface area contributed by atoms with Crippen molar-refractivity contribution in [3.05, 3.63) is 29.3 Å². The van der Waals surface area contributed by atoms with Gasteiger partial charge in [0.15, 0.2) is 9.84 Å². The van der Waals surface area contributed by atoms with Gasteiger partial charge >= 0.3 is 0 Å². The molecule has 0 bridgehead atoms. The SMILES string of the molecule is CCCNCCCS(=O)(=O)c1cccc(Cl)c1. The molecule has 0 unspecified atom stereocenters. The van der Waals surface area contributed by atoms with E-state index >= 15 is 0 Å². The quantitative estimate of drug-likeness (QED) is 0.778. The highest BCUT2D eigenvalue weighted by atomic mass is 35.5. The molecule has 0 saturated heterocycles. The number of benzene rings is 1. The molecule has 1 aromatic rings. The molecule has 0 aliphatic rings. The fourth-order valence-corrected chi connectivity index (χ4v) is 3.07. The van der Waals surface area contributed by atoms with Crippen molar-refractivity contribution in [3.8, 4) is 0 Å². The third-order valence-corrected chi connectivity index (χ3v) is 4.38. The molecular formula is C12H18ClNO2S. The number of rotatable bonds is 7. The molecule has 1 N–H and O–H groups in total. The van der Waals surface area contributed by atoms with E-state index in [0.717, 1.165) is 19.5 Å². The van der Waals surface area contributed by atoms with Gasteiger partial charge in [-0.15, -0.1) is 0 Å². The fraction of sp³-hybridized carbons (Fsp3) is 0.500. The third kappa shape index (κ3) is 5.06. The number of sulfone groups is 1. The van der Waals surface area contributed by atoms with Gasteiger partial charge < -0.3 is 5.32 Å². The maximum absolute atomic E-state index is 11.9. The van der Waals surface area contributed by atoms with Crippen LogP contribution in [0.2, 0.25) is 5.02 Å². The van der Waals surface area contributed by atoms with Crippen LogP contribution in [0.25, 0.3) is 0 Å². The van der Waals surface area contributed by atoms with E-state index in [-0.39, 0.29) is 5.75 Å². The summed E-state index contributed by atoms with van der Waals surface area (Å²) in [5.74, 6) is 0.157. The second-order valence-corrected chi connectivity index (χ2v) is 6.43. The first-order chi connectivity index (χ1) is 8.06. The van der Waals surface area contributed by atoms with Crippen molar-refractivity contribution in [2.75, 3.05) is 18.8 Å². The van der Waals surface area contributed by atoms with E-state index in [4.69, 9.17) is 11.6 Å². The Morgan fingerprint density at radius 2 is 2.06 bits per heavy atom. The molecular weight excluding hydrogens is 258 g/mol. The standard InChI is InChI=1S/C12H18ClNO2S/c1-2-7-14-8-4-9-17(15,16)12-6-3-5-11(13)10-12/h3,5-6,10,14H,2,4,7-9H2,1H3. The predicted octanol–water partition coefficient (Wildman–Crippen LogP) is 2.50. The van der Waals surface area contributed by atoms with Crippen LogP contribution in [0.3, 0.4) is 0 Å². The first-order valence-electron chi connectivity index (χ1n) is 5.75.